The zero-order valence-corrected chi connectivity index (χ0v) is 8.11. The van der Waals surface area contributed by atoms with E-state index < -0.39 is 5.97 Å². The number of fused-ring (bicyclic) bond motifs is 1. The normalized spacial score (nSPS) is 23.9. The van der Waals surface area contributed by atoms with E-state index in [1.807, 2.05) is 0 Å². The van der Waals surface area contributed by atoms with Crippen molar-refractivity contribution in [2.75, 3.05) is 0 Å². The largest absolute Gasteiger partial charge is 0.481 e. The first-order valence-corrected chi connectivity index (χ1v) is 4.84. The lowest BCUT2D eigenvalue weighted by molar-refractivity contribution is -0.137. The lowest BCUT2D eigenvalue weighted by Gasteiger charge is -2.07. The molecule has 1 aliphatic rings. The summed E-state index contributed by atoms with van der Waals surface area (Å²) >= 11 is 0. The molecule has 0 fully saturated rings. The molecule has 3 N–H and O–H groups in total. The van der Waals surface area contributed by atoms with Crippen molar-refractivity contribution in [1.82, 2.24) is 0 Å². The molecule has 0 aromatic heterocycles. The van der Waals surface area contributed by atoms with Crippen molar-refractivity contribution in [2.45, 2.75) is 24.8 Å². The highest BCUT2D eigenvalue weighted by Gasteiger charge is 2.30. The second-order valence-corrected chi connectivity index (χ2v) is 3.91. The van der Waals surface area contributed by atoms with E-state index in [1.165, 1.54) is 12.1 Å². The van der Waals surface area contributed by atoms with Crippen LogP contribution < -0.4 is 5.73 Å². The van der Waals surface area contributed by atoms with Gasteiger partial charge in [0.25, 0.3) is 0 Å². The Balaban J connectivity index is 2.33. The predicted molar refractivity (Wildman–Crippen MR) is 52.9 cm³/mol. The highest BCUT2D eigenvalue weighted by atomic mass is 19.1. The van der Waals surface area contributed by atoms with E-state index in [2.05, 4.69) is 0 Å². The van der Waals surface area contributed by atoms with Gasteiger partial charge in [0.05, 0.1) is 6.42 Å². The first-order chi connectivity index (χ1) is 7.08. The van der Waals surface area contributed by atoms with Crippen LogP contribution in [0.5, 0.6) is 0 Å². The van der Waals surface area contributed by atoms with Gasteiger partial charge >= 0.3 is 5.97 Å². The van der Waals surface area contributed by atoms with E-state index in [0.29, 0.717) is 6.42 Å². The van der Waals surface area contributed by atoms with Crippen LogP contribution in [0.3, 0.4) is 0 Å². The molecule has 2 unspecified atom stereocenters. The maximum atomic E-state index is 13.0. The summed E-state index contributed by atoms with van der Waals surface area (Å²) in [6.07, 6.45) is 0.650. The number of aliphatic carboxylic acids is 1. The smallest absolute Gasteiger partial charge is 0.303 e. The maximum absolute atomic E-state index is 13.0. The van der Waals surface area contributed by atoms with Crippen LogP contribution in [0.1, 0.15) is 35.9 Å². The number of hydrogen-bond donors (Lipinski definition) is 2. The number of nitrogens with two attached hydrogens (primary N) is 1. The van der Waals surface area contributed by atoms with Crippen molar-refractivity contribution in [3.63, 3.8) is 0 Å². The van der Waals surface area contributed by atoms with E-state index in [1.54, 1.807) is 6.07 Å². The molecule has 0 heterocycles. The average molecular weight is 209 g/mol. The van der Waals surface area contributed by atoms with E-state index in [4.69, 9.17) is 10.8 Å². The van der Waals surface area contributed by atoms with Gasteiger partial charge in [-0.05, 0) is 35.6 Å². The summed E-state index contributed by atoms with van der Waals surface area (Å²) in [5.41, 5.74) is 7.45. The van der Waals surface area contributed by atoms with Crippen LogP contribution >= 0.6 is 0 Å². The molecule has 1 aromatic rings. The van der Waals surface area contributed by atoms with Crippen molar-refractivity contribution in [3.8, 4) is 0 Å². The Bertz CT molecular complexity index is 406. The molecule has 2 atom stereocenters. The molecule has 1 aliphatic carbocycles. The molecule has 4 heteroatoms. The van der Waals surface area contributed by atoms with Crippen LogP contribution in [0.4, 0.5) is 4.39 Å². The summed E-state index contributed by atoms with van der Waals surface area (Å²) in [4.78, 5) is 10.6. The van der Waals surface area contributed by atoms with Crippen LogP contribution in [-0.4, -0.2) is 11.1 Å². The highest BCUT2D eigenvalue weighted by molar-refractivity contribution is 5.68. The first-order valence-electron chi connectivity index (χ1n) is 4.84. The summed E-state index contributed by atoms with van der Waals surface area (Å²) in [7, 11) is 0. The van der Waals surface area contributed by atoms with Gasteiger partial charge in [-0.1, -0.05) is 6.07 Å². The third-order valence-corrected chi connectivity index (χ3v) is 2.85. The van der Waals surface area contributed by atoms with Crippen LogP contribution in [0, 0.1) is 5.82 Å². The molecule has 0 spiro atoms. The fourth-order valence-corrected chi connectivity index (χ4v) is 2.20. The topological polar surface area (TPSA) is 63.3 Å². The second-order valence-electron chi connectivity index (χ2n) is 3.91. The monoisotopic (exact) mass is 209 g/mol. The molecular formula is C11H12FNO2. The first kappa shape index (κ1) is 10.1. The Labute approximate surface area is 86.7 Å². The molecule has 15 heavy (non-hydrogen) atoms. The number of carbonyl (C=O) groups is 1. The summed E-state index contributed by atoms with van der Waals surface area (Å²) < 4.78 is 13.0. The van der Waals surface area contributed by atoms with Gasteiger partial charge in [0, 0.05) is 6.04 Å². The zero-order chi connectivity index (χ0) is 11.0. The molecule has 0 bridgehead atoms. The fourth-order valence-electron chi connectivity index (χ4n) is 2.20. The SMILES string of the molecule is NC1CC(CC(=O)O)c2ccc(F)cc21. The van der Waals surface area contributed by atoms with Gasteiger partial charge in [0.2, 0.25) is 0 Å². The van der Waals surface area contributed by atoms with E-state index in [0.717, 1.165) is 11.1 Å². The van der Waals surface area contributed by atoms with E-state index in [-0.39, 0.29) is 24.2 Å². The van der Waals surface area contributed by atoms with E-state index in [9.17, 15) is 9.18 Å². The van der Waals surface area contributed by atoms with Gasteiger partial charge < -0.3 is 10.8 Å². The van der Waals surface area contributed by atoms with Crippen LogP contribution in [0.25, 0.3) is 0 Å². The van der Waals surface area contributed by atoms with E-state index >= 15 is 0 Å². The Morgan fingerprint density at radius 2 is 2.27 bits per heavy atom. The quantitative estimate of drug-likeness (QED) is 0.780. The van der Waals surface area contributed by atoms with Gasteiger partial charge in [0.15, 0.2) is 0 Å². The Kier molecular flexibility index (Phi) is 2.44. The van der Waals surface area contributed by atoms with Gasteiger partial charge in [-0.15, -0.1) is 0 Å². The van der Waals surface area contributed by atoms with Crippen LogP contribution in [-0.2, 0) is 4.79 Å². The van der Waals surface area contributed by atoms with Crippen LogP contribution in [0.2, 0.25) is 0 Å². The molecule has 1 aromatic carbocycles. The molecule has 0 saturated carbocycles. The van der Waals surface area contributed by atoms with Crippen molar-refractivity contribution < 1.29 is 14.3 Å². The molecule has 0 radical (unpaired) electrons. The third-order valence-electron chi connectivity index (χ3n) is 2.85. The zero-order valence-electron chi connectivity index (χ0n) is 8.11. The van der Waals surface area contributed by atoms with Crippen LogP contribution in [0.15, 0.2) is 18.2 Å². The summed E-state index contributed by atoms with van der Waals surface area (Å²) in [5.74, 6) is -1.24. The highest BCUT2D eigenvalue weighted by Crippen LogP contribution is 2.40. The van der Waals surface area contributed by atoms with Crippen molar-refractivity contribution in [1.29, 1.82) is 0 Å². The van der Waals surface area contributed by atoms with Crippen molar-refractivity contribution in [3.05, 3.63) is 35.1 Å². The second kappa shape index (κ2) is 3.62. The third kappa shape index (κ3) is 1.85. The minimum Gasteiger partial charge on any atom is -0.481 e. The number of carboxylic acids is 1. The average Bonchev–Trinajstić information content (AvgIpc) is 2.42. The van der Waals surface area contributed by atoms with Gasteiger partial charge in [-0.2, -0.15) is 0 Å². The molecule has 0 amide bonds. The van der Waals surface area contributed by atoms with Gasteiger partial charge in [0.1, 0.15) is 5.82 Å². The summed E-state index contributed by atoms with van der Waals surface area (Å²) in [6.45, 7) is 0. The molecule has 2 rings (SSSR count). The molecule has 80 valence electrons. The lowest BCUT2D eigenvalue weighted by atomic mass is 9.98. The van der Waals surface area contributed by atoms with Gasteiger partial charge in [-0.3, -0.25) is 4.79 Å². The van der Waals surface area contributed by atoms with Gasteiger partial charge in [-0.25, -0.2) is 4.39 Å². The minimum atomic E-state index is -0.843. The molecule has 0 saturated heterocycles. The Morgan fingerprint density at radius 3 is 2.93 bits per heavy atom. The predicted octanol–water partition coefficient (Wildman–Crippen LogP) is 1.79. The number of hydrogen-bond acceptors (Lipinski definition) is 2. The summed E-state index contributed by atoms with van der Waals surface area (Å²) in [5, 5.41) is 8.73. The summed E-state index contributed by atoms with van der Waals surface area (Å²) in [6, 6.07) is 4.17. The fraction of sp³-hybridized carbons (Fsp3) is 0.364. The molecule has 0 aliphatic heterocycles. The maximum Gasteiger partial charge on any atom is 0.303 e. The molecule has 3 nitrogen and oxygen atoms in total. The number of halogens is 1. The lowest BCUT2D eigenvalue weighted by Crippen LogP contribution is -2.07. The standard InChI is InChI=1S/C11H12FNO2/c12-7-1-2-8-6(4-11(14)15)3-10(13)9(8)5-7/h1-2,5-6,10H,3-4,13H2,(H,14,15). The van der Waals surface area contributed by atoms with Crippen molar-refractivity contribution in [2.24, 2.45) is 5.73 Å². The Hall–Kier alpha value is -1.42. The number of carboxylic acid groups (broad SMARTS) is 1. The Morgan fingerprint density at radius 1 is 1.53 bits per heavy atom. The minimum absolute atomic E-state index is 0.0618. The molecular weight excluding hydrogens is 197 g/mol. The number of benzene rings is 1. The van der Waals surface area contributed by atoms with Crippen molar-refractivity contribution >= 4 is 5.97 Å². The number of rotatable bonds is 2.